The highest BCUT2D eigenvalue weighted by Crippen LogP contribution is 2.53. The summed E-state index contributed by atoms with van der Waals surface area (Å²) in [7, 11) is 0. The first-order valence-corrected chi connectivity index (χ1v) is 14.4. The molecule has 6 rings (SSSR count). The average Bonchev–Trinajstić information content (AvgIpc) is 3.43. The van der Waals surface area contributed by atoms with Crippen molar-refractivity contribution in [2.75, 3.05) is 16.8 Å². The molecule has 3 aromatic carbocycles. The molecule has 0 bridgehead atoms. The van der Waals surface area contributed by atoms with E-state index in [1.807, 2.05) is 56.3 Å². The quantitative estimate of drug-likeness (QED) is 0.320. The Balaban J connectivity index is 1.28. The number of thioether (sulfide) groups is 1. The number of carbonyl (C=O) groups excluding carboxylic acids is 3. The number of thiazole rings is 1. The largest absolute Gasteiger partial charge is 0.484 e. The minimum atomic E-state index is -0.696. The normalized spacial score (nSPS) is 19.8. The predicted octanol–water partition coefficient (Wildman–Crippen LogP) is 4.87. The molecule has 4 aromatic rings. The Kier molecular flexibility index (Phi) is 6.81. The number of hydrogen-bond donors (Lipinski definition) is 2. The second-order valence-corrected chi connectivity index (χ2v) is 12.0. The number of benzene rings is 3. The van der Waals surface area contributed by atoms with Crippen LogP contribution in [0.15, 0.2) is 82.6 Å². The third kappa shape index (κ3) is 4.84. The number of nitrogens with one attached hydrogen (secondary N) is 2. The summed E-state index contributed by atoms with van der Waals surface area (Å²) in [6, 6.07) is 21.9. The van der Waals surface area contributed by atoms with Crippen LogP contribution in [-0.4, -0.2) is 34.6 Å². The van der Waals surface area contributed by atoms with Gasteiger partial charge in [-0.25, -0.2) is 4.90 Å². The molecule has 1 saturated heterocycles. The number of anilines is 2. The first-order chi connectivity index (χ1) is 19.3. The number of ether oxygens (including phenoxy) is 1. The van der Waals surface area contributed by atoms with Crippen molar-refractivity contribution in [1.29, 1.82) is 0 Å². The van der Waals surface area contributed by atoms with E-state index in [1.54, 1.807) is 30.3 Å². The van der Waals surface area contributed by atoms with Crippen molar-refractivity contribution in [3.63, 3.8) is 0 Å². The first kappa shape index (κ1) is 26.1. The van der Waals surface area contributed by atoms with Gasteiger partial charge in [0.2, 0.25) is 11.8 Å². The van der Waals surface area contributed by atoms with Gasteiger partial charge in [-0.3, -0.25) is 19.2 Å². The molecule has 40 heavy (non-hydrogen) atoms. The molecule has 0 aliphatic carbocycles. The fraction of sp³-hybridized carbons (Fsp3) is 0.200. The molecule has 0 saturated carbocycles. The number of amides is 3. The molecule has 3 heterocycles. The van der Waals surface area contributed by atoms with Crippen molar-refractivity contribution < 1.29 is 19.1 Å². The van der Waals surface area contributed by atoms with Crippen LogP contribution in [-0.2, 0) is 14.4 Å². The third-order valence-corrected chi connectivity index (χ3v) is 9.44. The van der Waals surface area contributed by atoms with Gasteiger partial charge >= 0.3 is 4.87 Å². The molecule has 8 nitrogen and oxygen atoms in total. The van der Waals surface area contributed by atoms with Gasteiger partial charge in [-0.1, -0.05) is 70.6 Å². The van der Waals surface area contributed by atoms with Crippen LogP contribution in [0.1, 0.15) is 27.5 Å². The highest BCUT2D eigenvalue weighted by Gasteiger charge is 2.56. The van der Waals surface area contributed by atoms with Gasteiger partial charge in [0.25, 0.3) is 5.91 Å². The van der Waals surface area contributed by atoms with Crippen LogP contribution < -0.4 is 19.8 Å². The van der Waals surface area contributed by atoms with E-state index >= 15 is 0 Å². The topological polar surface area (TPSA) is 109 Å². The van der Waals surface area contributed by atoms with E-state index in [0.717, 1.165) is 32.9 Å². The smallest absolute Gasteiger partial charge is 0.305 e. The summed E-state index contributed by atoms with van der Waals surface area (Å²) in [4.78, 5) is 56.8. The van der Waals surface area contributed by atoms with E-state index in [9.17, 15) is 19.2 Å². The van der Waals surface area contributed by atoms with Crippen LogP contribution >= 0.6 is 23.1 Å². The zero-order chi connectivity index (χ0) is 28.0. The standard InChI is InChI=1S/C30H25N3O5S2/c1-16-6-10-19(11-7-16)31-22(34)15-38-21-5-3-4-18(14-21)23-24-26(39-27-25(23)40-30(37)32-27)29(36)33(28(24)35)20-12-8-17(2)9-13-20/h3-14,23-24,26H,15H2,1-2H3,(H,31,34)(H,32,37). The summed E-state index contributed by atoms with van der Waals surface area (Å²) in [5, 5.41) is 2.74. The highest BCUT2D eigenvalue weighted by molar-refractivity contribution is 8.00. The number of fused-ring (bicyclic) bond motifs is 2. The Morgan fingerprint density at radius 1 is 0.950 bits per heavy atom. The van der Waals surface area contributed by atoms with Crippen LogP contribution in [0.25, 0.3) is 0 Å². The number of H-pyrrole nitrogens is 1. The lowest BCUT2D eigenvalue weighted by Gasteiger charge is -2.30. The maximum Gasteiger partial charge on any atom is 0.305 e. The fourth-order valence-corrected chi connectivity index (χ4v) is 7.62. The lowest BCUT2D eigenvalue weighted by atomic mass is 9.83. The minimum Gasteiger partial charge on any atom is -0.484 e. The number of nitrogens with zero attached hydrogens (tertiary/aromatic N) is 1. The van der Waals surface area contributed by atoms with Crippen LogP contribution in [0.2, 0.25) is 0 Å². The van der Waals surface area contributed by atoms with E-state index in [-0.39, 0.29) is 29.2 Å². The SMILES string of the molecule is Cc1ccc(NC(=O)COc2cccc(C3c4sc(=O)[nH]c4SC4C(=O)N(c5ccc(C)cc5)C(=O)C43)c2)cc1. The van der Waals surface area contributed by atoms with E-state index < -0.39 is 17.1 Å². The van der Waals surface area contributed by atoms with Crippen LogP contribution in [0.4, 0.5) is 11.4 Å². The molecule has 1 aromatic heterocycles. The lowest BCUT2D eigenvalue weighted by molar-refractivity contribution is -0.122. The lowest BCUT2D eigenvalue weighted by Crippen LogP contribution is -2.32. The number of aromatic nitrogens is 1. The summed E-state index contributed by atoms with van der Waals surface area (Å²) in [6.07, 6.45) is 0. The maximum atomic E-state index is 13.9. The van der Waals surface area contributed by atoms with Gasteiger partial charge in [0, 0.05) is 16.5 Å². The summed E-state index contributed by atoms with van der Waals surface area (Å²) < 4.78 is 5.80. The zero-order valence-electron chi connectivity index (χ0n) is 21.7. The van der Waals surface area contributed by atoms with E-state index in [1.165, 1.54) is 16.7 Å². The maximum absolute atomic E-state index is 13.9. The van der Waals surface area contributed by atoms with Gasteiger partial charge in [-0.05, 0) is 55.8 Å². The summed E-state index contributed by atoms with van der Waals surface area (Å²) >= 11 is 2.29. The number of hydrogen-bond acceptors (Lipinski definition) is 7. The molecule has 202 valence electrons. The molecule has 0 radical (unpaired) electrons. The van der Waals surface area contributed by atoms with Crippen LogP contribution in [0.3, 0.4) is 0 Å². The van der Waals surface area contributed by atoms with Crippen LogP contribution in [0.5, 0.6) is 5.75 Å². The predicted molar refractivity (Wildman–Crippen MR) is 155 cm³/mol. The summed E-state index contributed by atoms with van der Waals surface area (Å²) in [6.45, 7) is 3.71. The third-order valence-electron chi connectivity index (χ3n) is 7.04. The molecular formula is C30H25N3O5S2. The Morgan fingerprint density at radius 3 is 2.38 bits per heavy atom. The summed E-state index contributed by atoms with van der Waals surface area (Å²) in [5.41, 5.74) is 4.06. The zero-order valence-corrected chi connectivity index (χ0v) is 23.3. The highest BCUT2D eigenvalue weighted by atomic mass is 32.2. The van der Waals surface area contributed by atoms with Gasteiger partial charge in [0.15, 0.2) is 6.61 Å². The Hall–Kier alpha value is -4.15. The Morgan fingerprint density at radius 2 is 1.65 bits per heavy atom. The van der Waals surface area contributed by atoms with Crippen molar-refractivity contribution in [3.8, 4) is 5.75 Å². The van der Waals surface area contributed by atoms with Gasteiger partial charge < -0.3 is 15.0 Å². The van der Waals surface area contributed by atoms with Gasteiger partial charge in [0.05, 0.1) is 16.6 Å². The molecule has 10 heteroatoms. The molecule has 0 spiro atoms. The Labute approximate surface area is 238 Å². The molecule has 2 aliphatic heterocycles. The molecular weight excluding hydrogens is 546 g/mol. The minimum absolute atomic E-state index is 0.203. The van der Waals surface area contributed by atoms with Gasteiger partial charge in [-0.2, -0.15) is 0 Å². The molecule has 2 aliphatic rings. The number of aromatic amines is 1. The fourth-order valence-electron chi connectivity index (χ4n) is 5.11. The van der Waals surface area contributed by atoms with E-state index in [2.05, 4.69) is 10.3 Å². The molecule has 1 fully saturated rings. The van der Waals surface area contributed by atoms with Crippen molar-refractivity contribution in [2.45, 2.75) is 30.0 Å². The second kappa shape index (κ2) is 10.4. The van der Waals surface area contributed by atoms with Crippen molar-refractivity contribution in [2.24, 2.45) is 5.92 Å². The van der Waals surface area contributed by atoms with Crippen LogP contribution in [0, 0.1) is 19.8 Å². The van der Waals surface area contributed by atoms with E-state index in [0.29, 0.717) is 22.2 Å². The van der Waals surface area contributed by atoms with Gasteiger partial charge in [-0.15, -0.1) is 0 Å². The van der Waals surface area contributed by atoms with Crippen molar-refractivity contribution in [3.05, 3.63) is 104 Å². The second-order valence-electron chi connectivity index (χ2n) is 9.87. The van der Waals surface area contributed by atoms with Gasteiger partial charge in [0.1, 0.15) is 11.0 Å². The Bertz CT molecular complexity index is 1680. The number of imide groups is 1. The van der Waals surface area contributed by atoms with Crippen molar-refractivity contribution in [1.82, 2.24) is 4.98 Å². The van der Waals surface area contributed by atoms with Crippen molar-refractivity contribution >= 4 is 52.2 Å². The number of carbonyl (C=O) groups is 3. The molecule has 3 amide bonds. The monoisotopic (exact) mass is 571 g/mol. The van der Waals surface area contributed by atoms with E-state index in [4.69, 9.17) is 4.74 Å². The summed E-state index contributed by atoms with van der Waals surface area (Å²) in [5.74, 6) is -1.68. The number of rotatable bonds is 6. The molecule has 2 N–H and O–H groups in total. The number of aryl methyl sites for hydroxylation is 2. The average molecular weight is 572 g/mol. The first-order valence-electron chi connectivity index (χ1n) is 12.7. The molecule has 3 atom stereocenters. The molecule has 3 unspecified atom stereocenters.